The zero-order valence-corrected chi connectivity index (χ0v) is 9.66. The molecule has 0 bridgehead atoms. The normalized spacial score (nSPS) is 10.3. The van der Waals surface area contributed by atoms with E-state index in [2.05, 4.69) is 30.9 Å². The lowest BCUT2D eigenvalue weighted by Gasteiger charge is -1.91. The first-order valence-electron chi connectivity index (χ1n) is 3.96. The minimum atomic E-state index is 0.0825. The topological polar surface area (TPSA) is 74.8 Å². The van der Waals surface area contributed by atoms with Crippen molar-refractivity contribution < 1.29 is 4.42 Å². The molecule has 1 aromatic carbocycles. The highest BCUT2D eigenvalue weighted by Crippen LogP contribution is 2.28. The van der Waals surface area contributed by atoms with E-state index in [0.29, 0.717) is 22.0 Å². The van der Waals surface area contributed by atoms with Crippen LogP contribution in [0, 0.1) is 0 Å². The number of benzene rings is 1. The fourth-order valence-corrected chi connectivity index (χ4v) is 2.00. The molecule has 0 saturated heterocycles. The average Bonchev–Trinajstić information content (AvgIpc) is 2.57. The minimum Gasteiger partial charge on any atom is -0.439 e. The molecule has 0 saturated carbocycles. The maximum absolute atomic E-state index is 8.16. The van der Waals surface area contributed by atoms with Crippen LogP contribution in [0.3, 0.4) is 0 Å². The molecule has 0 N–H and O–H groups in total. The smallest absolute Gasteiger partial charge is 0.201 e. The molecule has 2 aromatic rings. The predicted octanol–water partition coefficient (Wildman–Crippen LogP) is 4.05. The van der Waals surface area contributed by atoms with Gasteiger partial charge in [0.1, 0.15) is 12.1 Å². The Kier molecular flexibility index (Phi) is 2.81. The molecule has 0 unspecified atom stereocenters. The fourth-order valence-electron chi connectivity index (χ4n) is 1.17. The van der Waals surface area contributed by atoms with Gasteiger partial charge in [-0.2, -0.15) is 0 Å². The molecular weight excluding hydrogens is 283 g/mol. The number of rotatable bonds is 2. The van der Waals surface area contributed by atoms with Crippen LogP contribution in [0.15, 0.2) is 26.1 Å². The van der Waals surface area contributed by atoms with Gasteiger partial charge in [0.05, 0.1) is 5.02 Å². The van der Waals surface area contributed by atoms with Crippen molar-refractivity contribution in [2.75, 3.05) is 0 Å². The van der Waals surface area contributed by atoms with E-state index in [-0.39, 0.29) is 6.54 Å². The Morgan fingerprint density at radius 1 is 1.60 bits per heavy atom. The standard InChI is InChI=1S/C8H4BrClN4O/c9-4-1-5(10)8-6(2-4)13-7(15-8)3-12-14-11/h1-2H,3H2. The third-order valence-corrected chi connectivity index (χ3v) is 2.46. The van der Waals surface area contributed by atoms with Crippen molar-refractivity contribution in [3.05, 3.63) is 38.0 Å². The van der Waals surface area contributed by atoms with Gasteiger partial charge in [0.15, 0.2) is 5.58 Å². The van der Waals surface area contributed by atoms with Crippen LogP contribution in [-0.4, -0.2) is 4.98 Å². The lowest BCUT2D eigenvalue weighted by atomic mass is 10.3. The van der Waals surface area contributed by atoms with E-state index in [1.807, 2.05) is 0 Å². The molecule has 15 heavy (non-hydrogen) atoms. The van der Waals surface area contributed by atoms with Crippen molar-refractivity contribution in [1.82, 2.24) is 4.98 Å². The first-order valence-corrected chi connectivity index (χ1v) is 5.13. The summed E-state index contributed by atoms with van der Waals surface area (Å²) >= 11 is 9.24. The Morgan fingerprint density at radius 3 is 3.13 bits per heavy atom. The molecule has 0 aliphatic heterocycles. The van der Waals surface area contributed by atoms with Gasteiger partial charge in [-0.15, -0.1) is 0 Å². The zero-order valence-electron chi connectivity index (χ0n) is 7.31. The van der Waals surface area contributed by atoms with Crippen molar-refractivity contribution in [3.8, 4) is 0 Å². The number of azide groups is 1. The lowest BCUT2D eigenvalue weighted by Crippen LogP contribution is -1.77. The van der Waals surface area contributed by atoms with Gasteiger partial charge in [0, 0.05) is 9.38 Å². The number of halogens is 2. The van der Waals surface area contributed by atoms with Crippen LogP contribution in [0.2, 0.25) is 5.02 Å². The molecule has 0 aliphatic carbocycles. The minimum absolute atomic E-state index is 0.0825. The van der Waals surface area contributed by atoms with Gasteiger partial charge >= 0.3 is 0 Å². The number of hydrogen-bond donors (Lipinski definition) is 0. The van der Waals surface area contributed by atoms with Crippen LogP contribution in [0.4, 0.5) is 0 Å². The molecule has 0 amide bonds. The molecule has 7 heteroatoms. The quantitative estimate of drug-likeness (QED) is 0.474. The molecule has 0 aliphatic rings. The Balaban J connectivity index is 2.55. The zero-order chi connectivity index (χ0) is 10.8. The van der Waals surface area contributed by atoms with Crippen molar-refractivity contribution in [3.63, 3.8) is 0 Å². The first kappa shape index (κ1) is 10.3. The van der Waals surface area contributed by atoms with Gasteiger partial charge < -0.3 is 4.42 Å². The number of aromatic nitrogens is 1. The molecule has 2 rings (SSSR count). The Bertz CT molecular complexity index is 561. The molecule has 1 aromatic heterocycles. The summed E-state index contributed by atoms with van der Waals surface area (Å²) in [6, 6.07) is 3.50. The Labute approximate surface area is 97.8 Å². The maximum atomic E-state index is 8.16. The summed E-state index contributed by atoms with van der Waals surface area (Å²) in [6.45, 7) is 0.0825. The highest BCUT2D eigenvalue weighted by Gasteiger charge is 2.09. The van der Waals surface area contributed by atoms with E-state index in [9.17, 15) is 0 Å². The first-order chi connectivity index (χ1) is 7.20. The molecule has 76 valence electrons. The van der Waals surface area contributed by atoms with Crippen molar-refractivity contribution >= 4 is 38.6 Å². The van der Waals surface area contributed by atoms with Crippen LogP contribution in [0.1, 0.15) is 5.89 Å². The Morgan fingerprint density at radius 2 is 2.40 bits per heavy atom. The van der Waals surface area contributed by atoms with Crippen molar-refractivity contribution in [2.45, 2.75) is 6.54 Å². The van der Waals surface area contributed by atoms with Crippen LogP contribution < -0.4 is 0 Å². The number of hydrogen-bond acceptors (Lipinski definition) is 3. The summed E-state index contributed by atoms with van der Waals surface area (Å²) < 4.78 is 6.15. The summed E-state index contributed by atoms with van der Waals surface area (Å²) in [5.74, 6) is 0.350. The molecule has 5 nitrogen and oxygen atoms in total. The molecule has 1 heterocycles. The third kappa shape index (κ3) is 2.07. The molecule has 0 spiro atoms. The number of fused-ring (bicyclic) bond motifs is 1. The summed E-state index contributed by atoms with van der Waals surface area (Å²) in [5.41, 5.74) is 9.30. The average molecular weight is 288 g/mol. The van der Waals surface area contributed by atoms with Gasteiger partial charge in [-0.25, -0.2) is 4.98 Å². The van der Waals surface area contributed by atoms with E-state index < -0.39 is 0 Å². The second-order valence-electron chi connectivity index (χ2n) is 2.73. The van der Waals surface area contributed by atoms with Gasteiger partial charge in [-0.05, 0) is 17.7 Å². The summed E-state index contributed by atoms with van der Waals surface area (Å²) in [4.78, 5) is 6.75. The fraction of sp³-hybridized carbons (Fsp3) is 0.125. The number of nitrogens with zero attached hydrogens (tertiary/aromatic N) is 4. The van der Waals surface area contributed by atoms with E-state index in [1.165, 1.54) is 0 Å². The SMILES string of the molecule is [N-]=[N+]=NCc1nc2cc(Br)cc(Cl)c2o1. The van der Waals surface area contributed by atoms with Gasteiger partial charge in [-0.3, -0.25) is 0 Å². The number of oxazole rings is 1. The van der Waals surface area contributed by atoms with E-state index in [0.717, 1.165) is 4.47 Å². The van der Waals surface area contributed by atoms with E-state index >= 15 is 0 Å². The van der Waals surface area contributed by atoms with Crippen molar-refractivity contribution in [2.24, 2.45) is 5.11 Å². The summed E-state index contributed by atoms with van der Waals surface area (Å²) in [6.07, 6.45) is 0. The maximum Gasteiger partial charge on any atom is 0.201 e. The van der Waals surface area contributed by atoms with Crippen LogP contribution in [-0.2, 0) is 6.54 Å². The predicted molar refractivity (Wildman–Crippen MR) is 59.6 cm³/mol. The second kappa shape index (κ2) is 4.10. The summed E-state index contributed by atoms with van der Waals surface area (Å²) in [5, 5.41) is 3.83. The molecule has 0 atom stereocenters. The van der Waals surface area contributed by atoms with E-state index in [1.54, 1.807) is 12.1 Å². The van der Waals surface area contributed by atoms with Crippen molar-refractivity contribution in [1.29, 1.82) is 0 Å². The Hall–Kier alpha value is -1.23. The summed E-state index contributed by atoms with van der Waals surface area (Å²) in [7, 11) is 0. The van der Waals surface area contributed by atoms with Crippen LogP contribution >= 0.6 is 27.5 Å². The highest BCUT2D eigenvalue weighted by atomic mass is 79.9. The molecule has 0 radical (unpaired) electrons. The van der Waals surface area contributed by atoms with E-state index in [4.69, 9.17) is 21.5 Å². The highest BCUT2D eigenvalue weighted by molar-refractivity contribution is 9.10. The lowest BCUT2D eigenvalue weighted by molar-refractivity contribution is 0.533. The molecule has 0 fully saturated rings. The third-order valence-electron chi connectivity index (χ3n) is 1.72. The van der Waals surface area contributed by atoms with Crippen LogP contribution in [0.25, 0.3) is 21.5 Å². The second-order valence-corrected chi connectivity index (χ2v) is 4.06. The van der Waals surface area contributed by atoms with Crippen LogP contribution in [0.5, 0.6) is 0 Å². The largest absolute Gasteiger partial charge is 0.439 e. The van der Waals surface area contributed by atoms with Gasteiger partial charge in [0.2, 0.25) is 5.89 Å². The van der Waals surface area contributed by atoms with Gasteiger partial charge in [-0.1, -0.05) is 32.6 Å². The van der Waals surface area contributed by atoms with Gasteiger partial charge in [0.25, 0.3) is 0 Å². The molecular formula is C8H4BrClN4O. The monoisotopic (exact) mass is 286 g/mol.